The van der Waals surface area contributed by atoms with Crippen molar-refractivity contribution in [3.05, 3.63) is 53.2 Å². The molecule has 2 atom stereocenters. The molecule has 0 saturated carbocycles. The van der Waals surface area contributed by atoms with Gasteiger partial charge in [0.15, 0.2) is 0 Å². The average molecular weight is 527 g/mol. The van der Waals surface area contributed by atoms with Gasteiger partial charge in [0.25, 0.3) is 0 Å². The minimum atomic E-state index is -0.711. The standard InChI is InChI=1S/C29H38N4O3.ClH/c34-27(10-9-25-8-7-21-5-3-13-30-29(21)32-25)33-14-11-20(12-15-33)16-23(18-28(35)36)24-17-22-4-1-2-6-26(22)31-19-24;/h1-2,4,6-8,20,23-24,31H,3,5,9-19H2,(H,30,32)(H,35,36);1H/t23-,24+;/m0./s1. The van der Waals surface area contributed by atoms with Crippen LogP contribution in [0.2, 0.25) is 0 Å². The minimum Gasteiger partial charge on any atom is -0.481 e. The molecule has 37 heavy (non-hydrogen) atoms. The van der Waals surface area contributed by atoms with Gasteiger partial charge in [0.2, 0.25) is 5.91 Å². The van der Waals surface area contributed by atoms with E-state index in [1.165, 1.54) is 16.8 Å². The van der Waals surface area contributed by atoms with Crippen LogP contribution in [-0.2, 0) is 28.9 Å². The lowest BCUT2D eigenvalue weighted by Gasteiger charge is -2.37. The SMILES string of the molecule is Cl.O=C(O)C[C@H](CC1CCN(C(=O)CCc2ccc3c(n2)NCCC3)CC1)[C@H]1CNc2ccccc2C1. The van der Waals surface area contributed by atoms with Crippen molar-refractivity contribution in [2.24, 2.45) is 17.8 Å². The van der Waals surface area contributed by atoms with Gasteiger partial charge in [-0.1, -0.05) is 24.3 Å². The molecule has 3 N–H and O–H groups in total. The molecule has 1 amide bonds. The Labute approximate surface area is 225 Å². The second kappa shape index (κ2) is 12.6. The van der Waals surface area contributed by atoms with Crippen LogP contribution in [0.1, 0.15) is 55.3 Å². The molecule has 0 spiro atoms. The molecule has 1 aromatic heterocycles. The van der Waals surface area contributed by atoms with Gasteiger partial charge in [-0.3, -0.25) is 9.59 Å². The number of carbonyl (C=O) groups is 2. The molecular formula is C29H39ClN4O3. The first-order chi connectivity index (χ1) is 17.5. The molecular weight excluding hydrogens is 488 g/mol. The van der Waals surface area contributed by atoms with E-state index in [2.05, 4.69) is 41.0 Å². The van der Waals surface area contributed by atoms with Crippen LogP contribution < -0.4 is 10.6 Å². The van der Waals surface area contributed by atoms with Crippen molar-refractivity contribution in [3.8, 4) is 0 Å². The molecule has 7 nitrogen and oxygen atoms in total. The number of carboxylic acids is 1. The lowest BCUT2D eigenvalue weighted by atomic mass is 9.75. The number of para-hydroxylation sites is 1. The molecule has 2 aromatic rings. The number of piperidine rings is 1. The largest absolute Gasteiger partial charge is 0.481 e. The van der Waals surface area contributed by atoms with E-state index in [4.69, 9.17) is 4.98 Å². The van der Waals surface area contributed by atoms with E-state index in [0.29, 0.717) is 24.7 Å². The Morgan fingerprint density at radius 3 is 2.70 bits per heavy atom. The molecule has 1 fully saturated rings. The maximum atomic E-state index is 12.9. The van der Waals surface area contributed by atoms with E-state index < -0.39 is 5.97 Å². The van der Waals surface area contributed by atoms with Crippen LogP contribution in [0.15, 0.2) is 36.4 Å². The number of aliphatic carboxylic acids is 1. The summed E-state index contributed by atoms with van der Waals surface area (Å²) in [7, 11) is 0. The summed E-state index contributed by atoms with van der Waals surface area (Å²) in [5.74, 6) is 1.44. The summed E-state index contributed by atoms with van der Waals surface area (Å²) in [4.78, 5) is 31.3. The minimum absolute atomic E-state index is 0. The first kappa shape index (κ1) is 27.2. The summed E-state index contributed by atoms with van der Waals surface area (Å²) in [6.45, 7) is 3.34. The quantitative estimate of drug-likeness (QED) is 0.457. The molecule has 0 bridgehead atoms. The number of nitrogens with zero attached hydrogens (tertiary/aromatic N) is 2. The van der Waals surface area contributed by atoms with Gasteiger partial charge in [0, 0.05) is 50.4 Å². The van der Waals surface area contributed by atoms with Gasteiger partial charge in [-0.2, -0.15) is 0 Å². The smallest absolute Gasteiger partial charge is 0.303 e. The number of halogens is 1. The van der Waals surface area contributed by atoms with Gasteiger partial charge in [-0.15, -0.1) is 12.4 Å². The van der Waals surface area contributed by atoms with Crippen molar-refractivity contribution in [1.82, 2.24) is 9.88 Å². The number of hydrogen-bond acceptors (Lipinski definition) is 5. The van der Waals surface area contributed by atoms with Crippen LogP contribution in [0.4, 0.5) is 11.5 Å². The van der Waals surface area contributed by atoms with Crippen molar-refractivity contribution in [2.75, 3.05) is 36.8 Å². The number of carbonyl (C=O) groups excluding carboxylic acids is 1. The number of nitrogens with one attached hydrogen (secondary N) is 2. The first-order valence-electron chi connectivity index (χ1n) is 13.6. The maximum Gasteiger partial charge on any atom is 0.303 e. The summed E-state index contributed by atoms with van der Waals surface area (Å²) in [5.41, 5.74) is 4.71. The summed E-state index contributed by atoms with van der Waals surface area (Å²) < 4.78 is 0. The molecule has 1 saturated heterocycles. The molecule has 200 valence electrons. The van der Waals surface area contributed by atoms with Gasteiger partial charge in [0.1, 0.15) is 5.82 Å². The number of benzene rings is 1. The Morgan fingerprint density at radius 1 is 1.08 bits per heavy atom. The number of amides is 1. The van der Waals surface area contributed by atoms with E-state index in [9.17, 15) is 14.7 Å². The predicted molar refractivity (Wildman–Crippen MR) is 148 cm³/mol. The Balaban J connectivity index is 0.00000320. The Morgan fingerprint density at radius 2 is 1.89 bits per heavy atom. The number of aryl methyl sites for hydroxylation is 2. The number of pyridine rings is 1. The van der Waals surface area contributed by atoms with Crippen LogP contribution >= 0.6 is 12.4 Å². The number of aromatic nitrogens is 1. The first-order valence-corrected chi connectivity index (χ1v) is 13.6. The van der Waals surface area contributed by atoms with E-state index >= 15 is 0 Å². The van der Waals surface area contributed by atoms with E-state index in [0.717, 1.165) is 76.2 Å². The Kier molecular flexibility index (Phi) is 9.30. The van der Waals surface area contributed by atoms with Crippen LogP contribution in [0, 0.1) is 17.8 Å². The summed E-state index contributed by atoms with van der Waals surface area (Å²) >= 11 is 0. The third-order valence-electron chi connectivity index (χ3n) is 8.31. The number of hydrogen-bond donors (Lipinski definition) is 3. The molecule has 0 radical (unpaired) electrons. The average Bonchev–Trinajstić information content (AvgIpc) is 2.91. The fourth-order valence-corrected chi connectivity index (χ4v) is 6.21. The van der Waals surface area contributed by atoms with Crippen molar-refractivity contribution < 1.29 is 14.7 Å². The van der Waals surface area contributed by atoms with Gasteiger partial charge in [-0.05, 0) is 86.0 Å². The fourth-order valence-electron chi connectivity index (χ4n) is 6.21. The van der Waals surface area contributed by atoms with Gasteiger partial charge in [-0.25, -0.2) is 4.98 Å². The van der Waals surface area contributed by atoms with Gasteiger partial charge < -0.3 is 20.6 Å². The lowest BCUT2D eigenvalue weighted by molar-refractivity contribution is -0.138. The molecule has 0 unspecified atom stereocenters. The second-order valence-electron chi connectivity index (χ2n) is 10.8. The zero-order valence-electron chi connectivity index (χ0n) is 21.5. The van der Waals surface area contributed by atoms with Crippen LogP contribution in [-0.4, -0.2) is 53.0 Å². The molecule has 8 heteroatoms. The highest BCUT2D eigenvalue weighted by molar-refractivity contribution is 5.85. The highest BCUT2D eigenvalue weighted by Gasteiger charge is 2.32. The number of fused-ring (bicyclic) bond motifs is 2. The lowest BCUT2D eigenvalue weighted by Crippen LogP contribution is -2.40. The normalized spacial score (nSPS) is 19.9. The van der Waals surface area contributed by atoms with E-state index in [1.54, 1.807) is 0 Å². The van der Waals surface area contributed by atoms with Crippen molar-refractivity contribution >= 4 is 35.8 Å². The predicted octanol–water partition coefficient (Wildman–Crippen LogP) is 4.80. The van der Waals surface area contributed by atoms with Crippen molar-refractivity contribution in [3.63, 3.8) is 0 Å². The molecule has 3 aliphatic heterocycles. The molecule has 3 aliphatic rings. The zero-order chi connectivity index (χ0) is 24.9. The number of anilines is 2. The highest BCUT2D eigenvalue weighted by Crippen LogP contribution is 2.35. The number of rotatable bonds is 8. The molecule has 5 rings (SSSR count). The third kappa shape index (κ3) is 6.95. The molecule has 0 aliphatic carbocycles. The van der Waals surface area contributed by atoms with Crippen LogP contribution in [0.25, 0.3) is 0 Å². The van der Waals surface area contributed by atoms with Crippen LogP contribution in [0.3, 0.4) is 0 Å². The molecule has 4 heterocycles. The number of likely N-dealkylation sites (tertiary alicyclic amines) is 1. The monoisotopic (exact) mass is 526 g/mol. The van der Waals surface area contributed by atoms with E-state index in [1.807, 2.05) is 11.0 Å². The van der Waals surface area contributed by atoms with E-state index in [-0.39, 0.29) is 30.7 Å². The Bertz CT molecular complexity index is 1090. The van der Waals surface area contributed by atoms with Crippen LogP contribution in [0.5, 0.6) is 0 Å². The Hall–Kier alpha value is -2.80. The summed E-state index contributed by atoms with van der Waals surface area (Å²) in [5, 5.41) is 16.5. The zero-order valence-corrected chi connectivity index (χ0v) is 22.3. The third-order valence-corrected chi connectivity index (χ3v) is 8.31. The molecule has 1 aromatic carbocycles. The number of carboxylic acid groups (broad SMARTS) is 1. The second-order valence-corrected chi connectivity index (χ2v) is 10.8. The van der Waals surface area contributed by atoms with Crippen molar-refractivity contribution in [2.45, 2.75) is 57.8 Å². The van der Waals surface area contributed by atoms with Gasteiger partial charge >= 0.3 is 5.97 Å². The van der Waals surface area contributed by atoms with Crippen molar-refractivity contribution in [1.29, 1.82) is 0 Å². The topological polar surface area (TPSA) is 94.6 Å². The summed E-state index contributed by atoms with van der Waals surface area (Å²) in [6, 6.07) is 12.5. The highest BCUT2D eigenvalue weighted by atomic mass is 35.5. The maximum absolute atomic E-state index is 12.9. The fraction of sp³-hybridized carbons (Fsp3) is 0.552. The van der Waals surface area contributed by atoms with Gasteiger partial charge in [0.05, 0.1) is 0 Å². The summed E-state index contributed by atoms with van der Waals surface area (Å²) in [6.07, 6.45) is 7.37.